The fourth-order valence-electron chi connectivity index (χ4n) is 3.07. The van der Waals surface area contributed by atoms with Crippen LogP contribution in [0.15, 0.2) is 18.2 Å². The molecule has 7 heteroatoms. The summed E-state index contributed by atoms with van der Waals surface area (Å²) in [6, 6.07) is 5.76. The van der Waals surface area contributed by atoms with E-state index in [2.05, 4.69) is 10.6 Å². The maximum atomic E-state index is 12.5. The van der Waals surface area contributed by atoms with Gasteiger partial charge in [-0.05, 0) is 37.0 Å². The van der Waals surface area contributed by atoms with Gasteiger partial charge in [0.25, 0.3) is 0 Å². The molecule has 1 atom stereocenters. The Labute approximate surface area is 148 Å². The van der Waals surface area contributed by atoms with Gasteiger partial charge in [0.1, 0.15) is 0 Å². The van der Waals surface area contributed by atoms with Crippen LogP contribution in [-0.4, -0.2) is 50.7 Å². The molecule has 1 aliphatic heterocycles. The summed E-state index contributed by atoms with van der Waals surface area (Å²) in [7, 11) is 3.21. The quantitative estimate of drug-likeness (QED) is 0.739. The minimum atomic E-state index is -0.0693. The Morgan fingerprint density at radius 2 is 1.88 bits per heavy atom. The SMILES string of the molecule is COc1ccc([C@H]2CCCN2C(=O)NCCCNC(C)=O)cc1OC. The predicted molar refractivity (Wildman–Crippen MR) is 94.9 cm³/mol. The number of hydrogen-bond acceptors (Lipinski definition) is 4. The van der Waals surface area contributed by atoms with Gasteiger partial charge in [0.15, 0.2) is 11.5 Å². The normalized spacial score (nSPS) is 16.4. The minimum Gasteiger partial charge on any atom is -0.493 e. The highest BCUT2D eigenvalue weighted by Gasteiger charge is 2.30. The second kappa shape index (κ2) is 9.15. The summed E-state index contributed by atoms with van der Waals surface area (Å²) in [4.78, 5) is 25.2. The van der Waals surface area contributed by atoms with Gasteiger partial charge in [0.05, 0.1) is 20.3 Å². The van der Waals surface area contributed by atoms with Crippen LogP contribution in [0.4, 0.5) is 4.79 Å². The molecule has 1 aromatic carbocycles. The molecule has 0 saturated carbocycles. The van der Waals surface area contributed by atoms with Crippen LogP contribution >= 0.6 is 0 Å². The number of likely N-dealkylation sites (tertiary alicyclic amines) is 1. The molecule has 0 aliphatic carbocycles. The fourth-order valence-corrected chi connectivity index (χ4v) is 3.07. The molecular weight excluding hydrogens is 322 g/mol. The molecule has 1 heterocycles. The zero-order valence-corrected chi connectivity index (χ0v) is 15.1. The van der Waals surface area contributed by atoms with Crippen LogP contribution < -0.4 is 20.1 Å². The Kier molecular flexibility index (Phi) is 6.91. The van der Waals surface area contributed by atoms with Crippen LogP contribution in [0.2, 0.25) is 0 Å². The van der Waals surface area contributed by atoms with Crippen molar-refractivity contribution in [2.24, 2.45) is 0 Å². The average molecular weight is 349 g/mol. The Balaban J connectivity index is 1.95. The second-order valence-electron chi connectivity index (χ2n) is 6.03. The molecule has 25 heavy (non-hydrogen) atoms. The number of nitrogens with zero attached hydrogens (tertiary/aromatic N) is 1. The molecule has 0 bridgehead atoms. The molecule has 0 radical (unpaired) electrons. The van der Waals surface area contributed by atoms with E-state index < -0.39 is 0 Å². The Morgan fingerprint density at radius 1 is 1.16 bits per heavy atom. The Morgan fingerprint density at radius 3 is 2.56 bits per heavy atom. The number of benzene rings is 1. The van der Waals surface area contributed by atoms with Crippen LogP contribution in [0.5, 0.6) is 11.5 Å². The molecule has 2 rings (SSSR count). The number of ether oxygens (including phenoxy) is 2. The van der Waals surface area contributed by atoms with Gasteiger partial charge in [0, 0.05) is 26.6 Å². The second-order valence-corrected chi connectivity index (χ2v) is 6.03. The van der Waals surface area contributed by atoms with Crippen molar-refractivity contribution in [3.63, 3.8) is 0 Å². The van der Waals surface area contributed by atoms with E-state index in [0.29, 0.717) is 31.0 Å². The lowest BCUT2D eigenvalue weighted by molar-refractivity contribution is -0.118. The first-order valence-electron chi connectivity index (χ1n) is 8.57. The van der Waals surface area contributed by atoms with Gasteiger partial charge in [-0.25, -0.2) is 4.79 Å². The van der Waals surface area contributed by atoms with Gasteiger partial charge in [-0.15, -0.1) is 0 Å². The zero-order chi connectivity index (χ0) is 18.2. The van der Waals surface area contributed by atoms with Crippen molar-refractivity contribution in [2.75, 3.05) is 33.9 Å². The maximum Gasteiger partial charge on any atom is 0.317 e. The lowest BCUT2D eigenvalue weighted by atomic mass is 10.0. The number of hydrogen-bond donors (Lipinski definition) is 2. The first kappa shape index (κ1) is 18.9. The number of methoxy groups -OCH3 is 2. The van der Waals surface area contributed by atoms with Crippen molar-refractivity contribution < 1.29 is 19.1 Å². The molecule has 1 fully saturated rings. The Hall–Kier alpha value is -2.44. The molecular formula is C18H27N3O4. The van der Waals surface area contributed by atoms with Gasteiger partial charge in [-0.1, -0.05) is 6.07 Å². The van der Waals surface area contributed by atoms with Crippen molar-refractivity contribution in [1.82, 2.24) is 15.5 Å². The van der Waals surface area contributed by atoms with Crippen LogP contribution in [0.25, 0.3) is 0 Å². The highest BCUT2D eigenvalue weighted by Crippen LogP contribution is 2.36. The van der Waals surface area contributed by atoms with E-state index in [4.69, 9.17) is 9.47 Å². The van der Waals surface area contributed by atoms with Crippen LogP contribution in [0.1, 0.15) is 37.8 Å². The third kappa shape index (κ3) is 5.01. The molecule has 0 unspecified atom stereocenters. The van der Waals surface area contributed by atoms with Crippen molar-refractivity contribution >= 4 is 11.9 Å². The van der Waals surface area contributed by atoms with Gasteiger partial charge >= 0.3 is 6.03 Å². The number of carbonyl (C=O) groups excluding carboxylic acids is 2. The summed E-state index contributed by atoms with van der Waals surface area (Å²) in [6.45, 7) is 3.32. The average Bonchev–Trinajstić information content (AvgIpc) is 3.10. The fraction of sp³-hybridized carbons (Fsp3) is 0.556. The van der Waals surface area contributed by atoms with Gasteiger partial charge < -0.3 is 25.0 Å². The van der Waals surface area contributed by atoms with Crippen molar-refractivity contribution in [3.05, 3.63) is 23.8 Å². The molecule has 1 aliphatic rings. The number of carbonyl (C=O) groups is 2. The monoisotopic (exact) mass is 349 g/mol. The topological polar surface area (TPSA) is 79.9 Å². The first-order valence-corrected chi connectivity index (χ1v) is 8.57. The summed E-state index contributed by atoms with van der Waals surface area (Å²) < 4.78 is 10.6. The number of urea groups is 1. The highest BCUT2D eigenvalue weighted by molar-refractivity contribution is 5.75. The molecule has 0 aromatic heterocycles. The third-order valence-corrected chi connectivity index (χ3v) is 4.31. The predicted octanol–water partition coefficient (Wildman–Crippen LogP) is 2.08. The van der Waals surface area contributed by atoms with E-state index >= 15 is 0 Å². The van der Waals surface area contributed by atoms with Crippen molar-refractivity contribution in [1.29, 1.82) is 0 Å². The molecule has 7 nitrogen and oxygen atoms in total. The summed E-state index contributed by atoms with van der Waals surface area (Å²) in [5, 5.41) is 5.65. The van der Waals surface area contributed by atoms with Crippen LogP contribution in [0, 0.1) is 0 Å². The number of amides is 3. The lowest BCUT2D eigenvalue weighted by Gasteiger charge is -2.26. The van der Waals surface area contributed by atoms with E-state index in [0.717, 1.165) is 24.9 Å². The molecule has 3 amide bonds. The van der Waals surface area contributed by atoms with Crippen molar-refractivity contribution in [2.45, 2.75) is 32.2 Å². The standard InChI is InChI=1S/C18H27N3O4/c1-13(22)19-9-5-10-20-18(23)21-11-4-6-15(21)14-7-8-16(24-2)17(12-14)25-3/h7-8,12,15H,4-6,9-11H2,1-3H3,(H,19,22)(H,20,23)/t15-/m1/s1. The maximum absolute atomic E-state index is 12.5. The third-order valence-electron chi connectivity index (χ3n) is 4.31. The molecule has 2 N–H and O–H groups in total. The van der Waals surface area contributed by atoms with Gasteiger partial charge in [-0.2, -0.15) is 0 Å². The highest BCUT2D eigenvalue weighted by atomic mass is 16.5. The van der Waals surface area contributed by atoms with E-state index in [1.165, 1.54) is 6.92 Å². The zero-order valence-electron chi connectivity index (χ0n) is 15.1. The van der Waals surface area contributed by atoms with Crippen molar-refractivity contribution in [3.8, 4) is 11.5 Å². The number of rotatable bonds is 7. The van der Waals surface area contributed by atoms with Gasteiger partial charge in [-0.3, -0.25) is 4.79 Å². The van der Waals surface area contributed by atoms with Gasteiger partial charge in [0.2, 0.25) is 5.91 Å². The van der Waals surface area contributed by atoms with E-state index in [1.807, 2.05) is 23.1 Å². The van der Waals surface area contributed by atoms with E-state index in [1.54, 1.807) is 14.2 Å². The van der Waals surface area contributed by atoms with E-state index in [-0.39, 0.29) is 18.0 Å². The summed E-state index contributed by atoms with van der Waals surface area (Å²) in [5.41, 5.74) is 1.04. The van der Waals surface area contributed by atoms with Crippen LogP contribution in [0.3, 0.4) is 0 Å². The van der Waals surface area contributed by atoms with E-state index in [9.17, 15) is 9.59 Å². The molecule has 1 saturated heterocycles. The summed E-state index contributed by atoms with van der Waals surface area (Å²) in [6.07, 6.45) is 2.60. The molecule has 1 aromatic rings. The number of nitrogens with one attached hydrogen (secondary N) is 2. The summed E-state index contributed by atoms with van der Waals surface area (Å²) in [5.74, 6) is 1.29. The molecule has 138 valence electrons. The lowest BCUT2D eigenvalue weighted by Crippen LogP contribution is -2.40. The first-order chi connectivity index (χ1) is 12.1. The minimum absolute atomic E-state index is 0.0372. The Bertz CT molecular complexity index is 606. The largest absolute Gasteiger partial charge is 0.493 e. The smallest absolute Gasteiger partial charge is 0.317 e. The molecule has 0 spiro atoms. The van der Waals surface area contributed by atoms with Crippen LogP contribution in [-0.2, 0) is 4.79 Å². The summed E-state index contributed by atoms with van der Waals surface area (Å²) >= 11 is 0.